The number of aliphatic hydroxyl groups excluding tert-OH is 7. The summed E-state index contributed by atoms with van der Waals surface area (Å²) in [5, 5.41) is 67.5. The molecule has 2 fully saturated rings. The van der Waals surface area contributed by atoms with Crippen LogP contribution in [0.15, 0.2) is 0 Å². The molecule has 2 aliphatic heterocycles. The van der Waals surface area contributed by atoms with Crippen LogP contribution in [0.25, 0.3) is 0 Å². The van der Waals surface area contributed by atoms with Gasteiger partial charge in [0.1, 0.15) is 42.7 Å². The van der Waals surface area contributed by atoms with Gasteiger partial charge in [0, 0.05) is 0 Å². The molecule has 11 heteroatoms. The fourth-order valence-electron chi connectivity index (χ4n) is 2.54. The molecular weight excluding hydrogens is 384 g/mol. The summed E-state index contributed by atoms with van der Waals surface area (Å²) in [7, 11) is 0. The zero-order valence-corrected chi connectivity index (χ0v) is 13.5. The maximum atomic E-state index is 10.1. The van der Waals surface area contributed by atoms with Crippen LogP contribution >= 0.6 is 15.9 Å². The molecule has 2 heterocycles. The first-order chi connectivity index (χ1) is 10.8. The molecule has 2 aliphatic rings. The summed E-state index contributed by atoms with van der Waals surface area (Å²) >= 11 is 3.08. The molecule has 7 N–H and O–H groups in total. The number of hydrogen-bond acceptors (Lipinski definition) is 10. The van der Waals surface area contributed by atoms with Crippen molar-refractivity contribution in [2.75, 3.05) is 13.2 Å². The highest BCUT2D eigenvalue weighted by molar-refractivity contribution is 9.09. The lowest BCUT2D eigenvalue weighted by Crippen LogP contribution is -2.63. The van der Waals surface area contributed by atoms with Crippen LogP contribution in [-0.2, 0) is 14.2 Å². The van der Waals surface area contributed by atoms with Crippen LogP contribution in [0.5, 0.6) is 0 Å². The lowest BCUT2D eigenvalue weighted by molar-refractivity contribution is -0.334. The Labute approximate surface area is 140 Å². The van der Waals surface area contributed by atoms with E-state index in [4.69, 9.17) is 24.4 Å². The number of halogens is 1. The van der Waals surface area contributed by atoms with E-state index >= 15 is 0 Å². The molecule has 0 amide bonds. The van der Waals surface area contributed by atoms with Crippen LogP contribution < -0.4 is 0 Å². The first-order valence-electron chi connectivity index (χ1n) is 7.04. The van der Waals surface area contributed by atoms with Crippen molar-refractivity contribution in [3.8, 4) is 0 Å². The number of alkyl halides is 1. The molecule has 0 saturated carbocycles. The van der Waals surface area contributed by atoms with E-state index in [1.54, 1.807) is 0 Å². The minimum atomic E-state index is -1.65. The quantitative estimate of drug-likeness (QED) is 0.229. The molecule has 2 saturated heterocycles. The molecule has 0 aromatic rings. The van der Waals surface area contributed by atoms with Gasteiger partial charge in [0.05, 0.1) is 18.0 Å². The standard InChI is InChI=1S/C12H21BrO10/c13-5-10(7(17)4(2-15)21-11(5)20)23-12-9(19)8(18)6(16)3(1-14)22-12/h3-12,14-20H,1-2H2/t3?,4?,5-,6+,7-,8+,9+,10-,11?,12?/m1/s1. The zero-order valence-electron chi connectivity index (χ0n) is 11.9. The third kappa shape index (κ3) is 3.85. The molecule has 0 aromatic carbocycles. The second-order valence-electron chi connectivity index (χ2n) is 5.48. The van der Waals surface area contributed by atoms with E-state index in [9.17, 15) is 25.5 Å². The fourth-order valence-corrected chi connectivity index (χ4v) is 3.10. The SMILES string of the molecule is OCC1OC(O)[C@H](Br)[C@@H](OC2OC(CO)[C@H](O)[C@H](O)[C@@H]2O)[C@@H]1O. The summed E-state index contributed by atoms with van der Waals surface area (Å²) in [4.78, 5) is -0.910. The molecule has 10 nitrogen and oxygen atoms in total. The van der Waals surface area contributed by atoms with Crippen LogP contribution in [0.1, 0.15) is 0 Å². The molecule has 23 heavy (non-hydrogen) atoms. The van der Waals surface area contributed by atoms with E-state index in [2.05, 4.69) is 15.9 Å². The van der Waals surface area contributed by atoms with Gasteiger partial charge >= 0.3 is 0 Å². The average Bonchev–Trinajstić information content (AvgIpc) is 2.54. The Morgan fingerprint density at radius 3 is 1.91 bits per heavy atom. The Bertz CT molecular complexity index is 385. The van der Waals surface area contributed by atoms with Crippen molar-refractivity contribution in [1.29, 1.82) is 0 Å². The van der Waals surface area contributed by atoms with Gasteiger partial charge < -0.3 is 50.0 Å². The van der Waals surface area contributed by atoms with Crippen LogP contribution in [-0.4, -0.2) is 109 Å². The van der Waals surface area contributed by atoms with Gasteiger partial charge in [-0.05, 0) is 0 Å². The smallest absolute Gasteiger partial charge is 0.187 e. The Hall–Kier alpha value is 0.0800. The fraction of sp³-hybridized carbons (Fsp3) is 1.00. The van der Waals surface area contributed by atoms with Gasteiger partial charge in [-0.25, -0.2) is 0 Å². The Balaban J connectivity index is 2.11. The summed E-state index contributed by atoms with van der Waals surface area (Å²) in [6, 6.07) is 0. The topological polar surface area (TPSA) is 169 Å². The number of ether oxygens (including phenoxy) is 3. The molecule has 0 spiro atoms. The van der Waals surface area contributed by atoms with E-state index < -0.39 is 73.3 Å². The second-order valence-corrected chi connectivity index (χ2v) is 6.54. The van der Waals surface area contributed by atoms with Gasteiger partial charge in [0.2, 0.25) is 0 Å². The van der Waals surface area contributed by atoms with E-state index in [0.717, 1.165) is 0 Å². The van der Waals surface area contributed by atoms with Crippen LogP contribution in [0, 0.1) is 0 Å². The monoisotopic (exact) mass is 404 g/mol. The average molecular weight is 405 g/mol. The summed E-state index contributed by atoms with van der Waals surface area (Å²) in [6.45, 7) is -1.20. The first-order valence-corrected chi connectivity index (χ1v) is 7.95. The second kappa shape index (κ2) is 7.97. The predicted octanol–water partition coefficient (Wildman–Crippen LogP) is -3.99. The minimum absolute atomic E-state index is 0.577. The molecule has 0 aromatic heterocycles. The van der Waals surface area contributed by atoms with E-state index in [0.29, 0.717) is 0 Å². The number of rotatable bonds is 4. The van der Waals surface area contributed by atoms with Crippen molar-refractivity contribution in [3.05, 3.63) is 0 Å². The molecule has 2 rings (SSSR count). The van der Waals surface area contributed by atoms with Gasteiger partial charge in [-0.2, -0.15) is 0 Å². The highest BCUT2D eigenvalue weighted by atomic mass is 79.9. The Morgan fingerprint density at radius 1 is 0.783 bits per heavy atom. The Morgan fingerprint density at radius 2 is 1.35 bits per heavy atom. The maximum absolute atomic E-state index is 10.1. The van der Waals surface area contributed by atoms with Crippen molar-refractivity contribution < 1.29 is 50.0 Å². The van der Waals surface area contributed by atoms with Crippen molar-refractivity contribution in [3.63, 3.8) is 0 Å². The van der Waals surface area contributed by atoms with Gasteiger partial charge in [-0.15, -0.1) is 0 Å². The number of aliphatic hydroxyl groups is 7. The summed E-state index contributed by atoms with van der Waals surface area (Å²) in [5.74, 6) is 0. The van der Waals surface area contributed by atoms with Crippen molar-refractivity contribution in [2.45, 2.75) is 60.1 Å². The van der Waals surface area contributed by atoms with Crippen LogP contribution in [0.4, 0.5) is 0 Å². The van der Waals surface area contributed by atoms with Crippen LogP contribution in [0.2, 0.25) is 0 Å². The molecule has 10 atom stereocenters. The number of hydrogen-bond donors (Lipinski definition) is 7. The lowest BCUT2D eigenvalue weighted by Gasteiger charge is -2.45. The van der Waals surface area contributed by atoms with Crippen molar-refractivity contribution in [2.24, 2.45) is 0 Å². The first kappa shape index (κ1) is 19.4. The third-order valence-corrected chi connectivity index (χ3v) is 4.91. The molecule has 0 radical (unpaired) electrons. The molecular formula is C12H21BrO10. The minimum Gasteiger partial charge on any atom is -0.394 e. The van der Waals surface area contributed by atoms with Crippen LogP contribution in [0.3, 0.4) is 0 Å². The largest absolute Gasteiger partial charge is 0.394 e. The molecule has 0 bridgehead atoms. The highest BCUT2D eigenvalue weighted by Crippen LogP contribution is 2.31. The summed E-state index contributed by atoms with van der Waals surface area (Å²) in [5.41, 5.74) is 0. The molecule has 0 aliphatic carbocycles. The lowest BCUT2D eigenvalue weighted by atomic mass is 9.98. The van der Waals surface area contributed by atoms with E-state index in [1.165, 1.54) is 0 Å². The summed E-state index contributed by atoms with van der Waals surface area (Å²) in [6.07, 6.45) is -12.5. The Kier molecular flexibility index (Phi) is 6.73. The predicted molar refractivity (Wildman–Crippen MR) is 75.3 cm³/mol. The van der Waals surface area contributed by atoms with E-state index in [1.807, 2.05) is 0 Å². The highest BCUT2D eigenvalue weighted by Gasteiger charge is 2.49. The van der Waals surface area contributed by atoms with Gasteiger partial charge in [-0.1, -0.05) is 15.9 Å². The van der Waals surface area contributed by atoms with E-state index in [-0.39, 0.29) is 0 Å². The molecule has 136 valence electrons. The maximum Gasteiger partial charge on any atom is 0.187 e. The van der Waals surface area contributed by atoms with Gasteiger partial charge in [0.15, 0.2) is 12.6 Å². The molecule has 4 unspecified atom stereocenters. The van der Waals surface area contributed by atoms with Crippen molar-refractivity contribution >= 4 is 15.9 Å². The zero-order chi connectivity index (χ0) is 17.3. The summed E-state index contributed by atoms with van der Waals surface area (Å²) < 4.78 is 15.6. The van der Waals surface area contributed by atoms with Gasteiger partial charge in [-0.3, -0.25) is 0 Å². The normalized spacial score (nSPS) is 51.7. The van der Waals surface area contributed by atoms with Crippen molar-refractivity contribution in [1.82, 2.24) is 0 Å². The van der Waals surface area contributed by atoms with Gasteiger partial charge in [0.25, 0.3) is 0 Å². The third-order valence-electron chi connectivity index (χ3n) is 3.94.